The van der Waals surface area contributed by atoms with Crippen LogP contribution in [0.1, 0.15) is 43.1 Å². The van der Waals surface area contributed by atoms with Crippen LogP contribution in [0.3, 0.4) is 0 Å². The second-order valence-electron chi connectivity index (χ2n) is 7.48. The van der Waals surface area contributed by atoms with Crippen LogP contribution in [0.4, 0.5) is 5.82 Å². The minimum Gasteiger partial charge on any atom is -0.479 e. The topological polar surface area (TPSA) is 83.2 Å². The van der Waals surface area contributed by atoms with Crippen LogP contribution in [0.5, 0.6) is 0 Å². The molecule has 0 aliphatic carbocycles. The lowest BCUT2D eigenvalue weighted by molar-refractivity contribution is -0.684. The number of nitrogens with zero attached hydrogens (tertiary/aromatic N) is 3. The lowest BCUT2D eigenvalue weighted by Gasteiger charge is -2.23. The fourth-order valence-electron chi connectivity index (χ4n) is 3.46. The monoisotopic (exact) mass is 412 g/mol. The summed E-state index contributed by atoms with van der Waals surface area (Å²) in [6, 6.07) is 2.17. The number of hydrogen-bond acceptors (Lipinski definition) is 6. The third kappa shape index (κ3) is 4.59. The summed E-state index contributed by atoms with van der Waals surface area (Å²) >= 11 is 1.41. The second-order valence-corrected chi connectivity index (χ2v) is 8.46. The molecule has 1 aliphatic heterocycles. The van der Waals surface area contributed by atoms with Crippen LogP contribution < -0.4 is 9.47 Å². The van der Waals surface area contributed by atoms with Crippen molar-refractivity contribution in [2.24, 2.45) is 0 Å². The van der Waals surface area contributed by atoms with E-state index in [0.29, 0.717) is 5.56 Å². The molecule has 1 atom stereocenters. The van der Waals surface area contributed by atoms with Gasteiger partial charge < -0.3 is 9.29 Å². The maximum Gasteiger partial charge on any atom is 0.332 e. The fraction of sp³-hybridized carbons (Fsp3) is 0.632. The maximum absolute atomic E-state index is 12.8. The minimum atomic E-state index is -1.13. The number of hydrogen-bond donors (Lipinski definition) is 1. The zero-order chi connectivity index (χ0) is 21.1. The largest absolute Gasteiger partial charge is 0.479 e. The summed E-state index contributed by atoms with van der Waals surface area (Å²) in [6.07, 6.45) is 2.71. The van der Waals surface area contributed by atoms with Gasteiger partial charge in [0.15, 0.2) is 6.61 Å². The SMILES string of the molecule is COSCCC[n+]1cc(C(=O)N(C)OCC(=O)O)cc2c1N(C)C(C)C2(C)C. The quantitative estimate of drug-likeness (QED) is 0.287. The first-order chi connectivity index (χ1) is 13.1. The van der Waals surface area contributed by atoms with Crippen molar-refractivity contribution < 1.29 is 28.3 Å². The molecule has 28 heavy (non-hydrogen) atoms. The molecule has 0 bridgehead atoms. The van der Waals surface area contributed by atoms with Crippen molar-refractivity contribution in [2.45, 2.75) is 45.2 Å². The lowest BCUT2D eigenvalue weighted by atomic mass is 9.81. The number of fused-ring (bicyclic) bond motifs is 1. The Kier molecular flexibility index (Phi) is 7.30. The Hall–Kier alpha value is -1.84. The van der Waals surface area contributed by atoms with Gasteiger partial charge in [-0.3, -0.25) is 14.5 Å². The number of aryl methyl sites for hydroxylation is 1. The summed E-state index contributed by atoms with van der Waals surface area (Å²) in [5, 5.41) is 9.75. The molecule has 0 aromatic carbocycles. The van der Waals surface area contributed by atoms with E-state index < -0.39 is 12.6 Å². The molecule has 1 aromatic rings. The smallest absolute Gasteiger partial charge is 0.332 e. The van der Waals surface area contributed by atoms with Gasteiger partial charge in [-0.05, 0) is 31.5 Å². The van der Waals surface area contributed by atoms with Crippen LogP contribution in [-0.2, 0) is 25.8 Å². The number of likely N-dealkylation sites (N-methyl/N-ethyl adjacent to an activating group) is 1. The Labute approximate surface area is 170 Å². The van der Waals surface area contributed by atoms with Gasteiger partial charge in [-0.25, -0.2) is 14.4 Å². The molecule has 1 amide bonds. The van der Waals surface area contributed by atoms with E-state index in [1.54, 1.807) is 7.11 Å². The van der Waals surface area contributed by atoms with Gasteiger partial charge >= 0.3 is 5.97 Å². The van der Waals surface area contributed by atoms with E-state index in [-0.39, 0.29) is 17.4 Å². The molecule has 9 heteroatoms. The first kappa shape index (κ1) is 22.4. The number of amides is 1. The zero-order valence-electron chi connectivity index (χ0n) is 17.4. The van der Waals surface area contributed by atoms with Crippen LogP contribution >= 0.6 is 12.0 Å². The Morgan fingerprint density at radius 3 is 2.71 bits per heavy atom. The average Bonchev–Trinajstić information content (AvgIpc) is 2.83. The zero-order valence-corrected chi connectivity index (χ0v) is 18.2. The predicted octanol–water partition coefficient (Wildman–Crippen LogP) is 1.86. The summed E-state index contributed by atoms with van der Waals surface area (Å²) < 4.78 is 7.16. The van der Waals surface area contributed by atoms with Crippen LogP contribution in [0.25, 0.3) is 0 Å². The Bertz CT molecular complexity index is 741. The van der Waals surface area contributed by atoms with Crippen molar-refractivity contribution in [1.29, 1.82) is 0 Å². The van der Waals surface area contributed by atoms with E-state index >= 15 is 0 Å². The van der Waals surface area contributed by atoms with Gasteiger partial charge in [-0.2, -0.15) is 0 Å². The molecule has 0 fully saturated rings. The van der Waals surface area contributed by atoms with Crippen molar-refractivity contribution in [3.63, 3.8) is 0 Å². The van der Waals surface area contributed by atoms with Gasteiger partial charge in [0, 0.05) is 18.2 Å². The molecule has 156 valence electrons. The Morgan fingerprint density at radius 2 is 2.11 bits per heavy atom. The van der Waals surface area contributed by atoms with Crippen LogP contribution in [-0.4, -0.2) is 61.7 Å². The first-order valence-corrected chi connectivity index (χ1v) is 10.1. The molecule has 2 rings (SSSR count). The first-order valence-electron chi connectivity index (χ1n) is 9.20. The molecule has 1 aromatic heterocycles. The number of anilines is 1. The van der Waals surface area contributed by atoms with Gasteiger partial charge in [0.25, 0.3) is 11.7 Å². The number of aromatic nitrogens is 1. The van der Waals surface area contributed by atoms with E-state index in [0.717, 1.165) is 35.2 Å². The normalized spacial score (nSPS) is 17.5. The van der Waals surface area contributed by atoms with Crippen molar-refractivity contribution in [3.05, 3.63) is 23.4 Å². The molecule has 0 radical (unpaired) electrons. The number of carboxylic acids is 1. The number of carbonyl (C=O) groups is 2. The number of hydroxylamine groups is 2. The average molecular weight is 413 g/mol. The van der Waals surface area contributed by atoms with Crippen LogP contribution in [0.2, 0.25) is 0 Å². The Morgan fingerprint density at radius 1 is 1.43 bits per heavy atom. The molecular formula is C19H30N3O5S+. The molecule has 2 heterocycles. The number of rotatable bonds is 9. The molecule has 0 saturated carbocycles. The van der Waals surface area contributed by atoms with Gasteiger partial charge in [0.2, 0.25) is 0 Å². The number of aliphatic carboxylic acids is 1. The van der Waals surface area contributed by atoms with Crippen LogP contribution in [0.15, 0.2) is 12.3 Å². The second kappa shape index (κ2) is 9.11. The minimum absolute atomic E-state index is 0.135. The van der Waals surface area contributed by atoms with E-state index in [4.69, 9.17) is 14.1 Å². The number of pyridine rings is 1. The maximum atomic E-state index is 12.8. The van der Waals surface area contributed by atoms with E-state index in [1.807, 2.05) is 12.3 Å². The fourth-order valence-corrected chi connectivity index (χ4v) is 3.87. The molecule has 0 saturated heterocycles. The van der Waals surface area contributed by atoms with Gasteiger partial charge in [0.05, 0.1) is 31.8 Å². The highest BCUT2D eigenvalue weighted by Crippen LogP contribution is 2.42. The van der Waals surface area contributed by atoms with Gasteiger partial charge in [-0.1, -0.05) is 13.8 Å². The number of carboxylic acid groups (broad SMARTS) is 1. The van der Waals surface area contributed by atoms with Crippen LogP contribution in [0, 0.1) is 0 Å². The third-order valence-electron chi connectivity index (χ3n) is 5.42. The van der Waals surface area contributed by atoms with Crippen molar-refractivity contribution >= 4 is 29.7 Å². The lowest BCUT2D eigenvalue weighted by Crippen LogP contribution is -2.43. The van der Waals surface area contributed by atoms with Crippen molar-refractivity contribution in [3.8, 4) is 0 Å². The van der Waals surface area contributed by atoms with Crippen molar-refractivity contribution in [2.75, 3.05) is 38.5 Å². The summed E-state index contributed by atoms with van der Waals surface area (Å²) in [5.74, 6) is 0.448. The highest BCUT2D eigenvalue weighted by atomic mass is 32.2. The molecule has 1 N–H and O–H groups in total. The molecule has 1 unspecified atom stereocenters. The molecule has 0 spiro atoms. The van der Waals surface area contributed by atoms with E-state index in [1.165, 1.54) is 19.1 Å². The Balaban J connectivity index is 2.39. The molecular weight excluding hydrogens is 382 g/mol. The summed E-state index contributed by atoms with van der Waals surface area (Å²) in [4.78, 5) is 30.8. The third-order valence-corrected chi connectivity index (χ3v) is 6.11. The van der Waals surface area contributed by atoms with Gasteiger partial charge in [-0.15, -0.1) is 0 Å². The number of carbonyl (C=O) groups excluding carboxylic acids is 1. The molecule has 8 nitrogen and oxygen atoms in total. The standard InChI is InChI=1S/C19H29N3O5S/c1-13-19(2,3)15-10-14(18(25)21(5)27-12-16(23)24)11-22(17(15)20(13)4)8-7-9-28-26-6/h10-11,13H,7-9,12H2,1-6H3/p+1. The van der Waals surface area contributed by atoms with Gasteiger partial charge in [0.1, 0.15) is 12.2 Å². The molecule has 1 aliphatic rings. The summed E-state index contributed by atoms with van der Waals surface area (Å²) in [7, 11) is 5.15. The highest BCUT2D eigenvalue weighted by molar-refractivity contribution is 7.94. The van der Waals surface area contributed by atoms with E-state index in [9.17, 15) is 9.59 Å². The van der Waals surface area contributed by atoms with E-state index in [2.05, 4.69) is 37.3 Å². The highest BCUT2D eigenvalue weighted by Gasteiger charge is 2.48. The summed E-state index contributed by atoms with van der Waals surface area (Å²) in [5.41, 5.74) is 1.44. The van der Waals surface area contributed by atoms with Crippen molar-refractivity contribution in [1.82, 2.24) is 5.06 Å². The summed E-state index contributed by atoms with van der Waals surface area (Å²) in [6.45, 7) is 6.70. The predicted molar refractivity (Wildman–Crippen MR) is 107 cm³/mol.